The number of hydrogen-bond donors (Lipinski definition) is 3. The van der Waals surface area contributed by atoms with Crippen LogP contribution in [0.2, 0.25) is 0 Å². The number of H-pyrrole nitrogens is 2. The normalized spacial score (nSPS) is 14.5. The third-order valence-corrected chi connectivity index (χ3v) is 8.75. The van der Waals surface area contributed by atoms with Gasteiger partial charge in [-0.1, -0.05) is 18.6 Å². The highest BCUT2D eigenvalue weighted by Crippen LogP contribution is 2.35. The summed E-state index contributed by atoms with van der Waals surface area (Å²) in [7, 11) is -3.42. The summed E-state index contributed by atoms with van der Waals surface area (Å²) in [6.45, 7) is 3.14. The molecule has 0 spiro atoms. The zero-order valence-corrected chi connectivity index (χ0v) is 25.1. The van der Waals surface area contributed by atoms with Crippen LogP contribution in [0.3, 0.4) is 0 Å². The fourth-order valence-corrected chi connectivity index (χ4v) is 6.42. The molecule has 0 saturated carbocycles. The van der Waals surface area contributed by atoms with Crippen molar-refractivity contribution >= 4 is 32.0 Å². The van der Waals surface area contributed by atoms with Crippen molar-refractivity contribution in [2.45, 2.75) is 32.4 Å². The van der Waals surface area contributed by atoms with Gasteiger partial charge >= 0.3 is 0 Å². The highest BCUT2D eigenvalue weighted by Gasteiger charge is 2.17. The van der Waals surface area contributed by atoms with Crippen LogP contribution in [0.15, 0.2) is 73.1 Å². The number of aromatic nitrogens is 5. The first-order chi connectivity index (χ1) is 21.3. The van der Waals surface area contributed by atoms with Crippen LogP contribution >= 0.6 is 0 Å². The van der Waals surface area contributed by atoms with Gasteiger partial charge < -0.3 is 4.98 Å². The van der Waals surface area contributed by atoms with Gasteiger partial charge in [0.1, 0.15) is 17.0 Å². The number of rotatable bonds is 8. The quantitative estimate of drug-likeness (QED) is 0.195. The molecule has 1 aliphatic rings. The minimum absolute atomic E-state index is 0.00189. The Labute approximate surface area is 254 Å². The van der Waals surface area contributed by atoms with Crippen molar-refractivity contribution in [3.63, 3.8) is 0 Å². The maximum atomic E-state index is 14.6. The van der Waals surface area contributed by atoms with Crippen LogP contribution in [0.25, 0.3) is 55.7 Å². The molecule has 1 aliphatic heterocycles. The molecule has 0 radical (unpaired) electrons. The van der Waals surface area contributed by atoms with Crippen molar-refractivity contribution in [2.75, 3.05) is 19.3 Å². The molecule has 11 heteroatoms. The van der Waals surface area contributed by atoms with Gasteiger partial charge in [0.05, 0.1) is 23.2 Å². The van der Waals surface area contributed by atoms with E-state index in [1.54, 1.807) is 6.07 Å². The minimum Gasteiger partial charge on any atom is -0.353 e. The van der Waals surface area contributed by atoms with Gasteiger partial charge in [0, 0.05) is 41.9 Å². The number of nitrogens with one attached hydrogen (secondary N) is 3. The van der Waals surface area contributed by atoms with E-state index >= 15 is 0 Å². The Kier molecular flexibility index (Phi) is 7.45. The van der Waals surface area contributed by atoms with E-state index in [9.17, 15) is 12.8 Å². The molecule has 0 bridgehead atoms. The Balaban J connectivity index is 1.23. The Morgan fingerprint density at radius 2 is 1.77 bits per heavy atom. The summed E-state index contributed by atoms with van der Waals surface area (Å²) < 4.78 is 40.3. The van der Waals surface area contributed by atoms with Crippen LogP contribution in [0, 0.1) is 5.82 Å². The van der Waals surface area contributed by atoms with Gasteiger partial charge in [-0.3, -0.25) is 15.0 Å². The monoisotopic (exact) mass is 609 g/mol. The van der Waals surface area contributed by atoms with E-state index in [0.29, 0.717) is 16.8 Å². The molecule has 6 aromatic rings. The zero-order valence-electron chi connectivity index (χ0n) is 24.3. The molecule has 4 aromatic heterocycles. The number of likely N-dealkylation sites (tertiary alicyclic amines) is 1. The molecule has 0 unspecified atom stereocenters. The van der Waals surface area contributed by atoms with Crippen LogP contribution in [0.1, 0.15) is 30.4 Å². The molecule has 0 amide bonds. The number of fused-ring (bicyclic) bond motifs is 2. The molecule has 0 aliphatic carbocycles. The molecule has 0 atom stereocenters. The van der Waals surface area contributed by atoms with E-state index < -0.39 is 15.8 Å². The number of pyridine rings is 2. The summed E-state index contributed by atoms with van der Waals surface area (Å²) in [4.78, 5) is 15.5. The fourth-order valence-electron chi connectivity index (χ4n) is 5.99. The standard InChI is InChI=1S/C33H32FN7O2S/c1-44(42,43)36-18-21-12-23(15-25(34)14-21)26-6-5-7-29-27(26)16-31(37-29)33-32-30(39-40-33)9-8-28(38-32)24-13-22(17-35-19-24)20-41-10-3-2-4-11-41/h5-9,12-17,19,36-37H,2-4,10-11,18,20H2,1H3,(H,39,40). The minimum atomic E-state index is -3.42. The number of aromatic amines is 2. The van der Waals surface area contributed by atoms with Gasteiger partial charge in [-0.05, 0) is 96.7 Å². The number of hydrogen-bond acceptors (Lipinski definition) is 6. The fraction of sp³-hybridized carbons (Fsp3) is 0.242. The first-order valence-electron chi connectivity index (χ1n) is 14.7. The highest BCUT2D eigenvalue weighted by atomic mass is 32.2. The van der Waals surface area contributed by atoms with Gasteiger partial charge in [0.25, 0.3) is 0 Å². The Morgan fingerprint density at radius 3 is 2.61 bits per heavy atom. The van der Waals surface area contributed by atoms with E-state index in [2.05, 4.69) is 35.9 Å². The van der Waals surface area contributed by atoms with E-state index in [-0.39, 0.29) is 6.54 Å². The average molecular weight is 610 g/mol. The SMILES string of the molecule is CS(=O)(=O)NCc1cc(F)cc(-c2cccc3[nH]c(-c4n[nH]c5ccc(-c6cncc(CN7CCCCC7)c6)nc45)cc23)c1. The first kappa shape index (κ1) is 28.3. The number of halogens is 1. The lowest BCUT2D eigenvalue weighted by atomic mass is 9.99. The lowest BCUT2D eigenvalue weighted by Gasteiger charge is -2.26. The molecule has 44 heavy (non-hydrogen) atoms. The summed E-state index contributed by atoms with van der Waals surface area (Å²) in [5, 5.41) is 8.59. The number of piperidine rings is 1. The lowest BCUT2D eigenvalue weighted by molar-refractivity contribution is 0.220. The Morgan fingerprint density at radius 1 is 0.932 bits per heavy atom. The van der Waals surface area contributed by atoms with Gasteiger partial charge in [0.2, 0.25) is 10.0 Å². The van der Waals surface area contributed by atoms with Gasteiger partial charge in [0.15, 0.2) is 0 Å². The van der Waals surface area contributed by atoms with Crippen LogP contribution in [-0.2, 0) is 23.1 Å². The van der Waals surface area contributed by atoms with Crippen molar-refractivity contribution in [1.82, 2.24) is 34.8 Å². The number of nitrogens with zero attached hydrogens (tertiary/aromatic N) is 4. The first-order valence-corrected chi connectivity index (χ1v) is 16.6. The van der Waals surface area contributed by atoms with Crippen molar-refractivity contribution in [3.05, 3.63) is 90.0 Å². The average Bonchev–Trinajstić information content (AvgIpc) is 3.64. The Hall–Kier alpha value is -4.45. The van der Waals surface area contributed by atoms with Crippen LogP contribution in [-0.4, -0.2) is 57.8 Å². The van der Waals surface area contributed by atoms with E-state index in [4.69, 9.17) is 4.98 Å². The van der Waals surface area contributed by atoms with E-state index in [0.717, 1.165) is 70.3 Å². The smallest absolute Gasteiger partial charge is 0.209 e. The van der Waals surface area contributed by atoms with Crippen LogP contribution < -0.4 is 4.72 Å². The molecule has 3 N–H and O–H groups in total. The zero-order chi connectivity index (χ0) is 30.3. The molecule has 2 aromatic carbocycles. The highest BCUT2D eigenvalue weighted by molar-refractivity contribution is 7.88. The molecule has 224 valence electrons. The van der Waals surface area contributed by atoms with Crippen molar-refractivity contribution in [1.29, 1.82) is 0 Å². The van der Waals surface area contributed by atoms with E-state index in [1.165, 1.54) is 37.0 Å². The van der Waals surface area contributed by atoms with Gasteiger partial charge in [-0.2, -0.15) is 5.10 Å². The van der Waals surface area contributed by atoms with Gasteiger partial charge in [-0.25, -0.2) is 22.5 Å². The van der Waals surface area contributed by atoms with Crippen LogP contribution in [0.5, 0.6) is 0 Å². The van der Waals surface area contributed by atoms with Crippen molar-refractivity contribution in [3.8, 4) is 33.8 Å². The second kappa shape index (κ2) is 11.6. The second-order valence-corrected chi connectivity index (χ2v) is 13.3. The Bertz CT molecular complexity index is 2100. The molecule has 5 heterocycles. The predicted molar refractivity (Wildman–Crippen MR) is 171 cm³/mol. The maximum absolute atomic E-state index is 14.6. The molecule has 9 nitrogen and oxygen atoms in total. The number of sulfonamides is 1. The molecular formula is C33H32FN7O2S. The van der Waals surface area contributed by atoms with Crippen LogP contribution in [0.4, 0.5) is 4.39 Å². The van der Waals surface area contributed by atoms with E-state index in [1.807, 2.05) is 48.8 Å². The summed E-state index contributed by atoms with van der Waals surface area (Å²) in [6, 6.07) is 18.5. The lowest BCUT2D eigenvalue weighted by Crippen LogP contribution is -2.29. The molecule has 1 saturated heterocycles. The van der Waals surface area contributed by atoms with Crippen molar-refractivity contribution in [2.24, 2.45) is 0 Å². The largest absolute Gasteiger partial charge is 0.353 e. The van der Waals surface area contributed by atoms with Gasteiger partial charge in [-0.15, -0.1) is 0 Å². The third kappa shape index (κ3) is 5.99. The second-order valence-electron chi connectivity index (χ2n) is 11.5. The predicted octanol–water partition coefficient (Wildman–Crippen LogP) is 6.01. The third-order valence-electron chi connectivity index (χ3n) is 8.08. The molecular weight excluding hydrogens is 577 g/mol. The summed E-state index contributed by atoms with van der Waals surface area (Å²) in [5.74, 6) is -0.440. The number of benzene rings is 2. The summed E-state index contributed by atoms with van der Waals surface area (Å²) in [6.07, 6.45) is 8.66. The molecule has 7 rings (SSSR count). The summed E-state index contributed by atoms with van der Waals surface area (Å²) in [5.41, 5.74) is 8.81. The van der Waals surface area contributed by atoms with Crippen molar-refractivity contribution < 1.29 is 12.8 Å². The topological polar surface area (TPSA) is 120 Å². The maximum Gasteiger partial charge on any atom is 0.209 e. The summed E-state index contributed by atoms with van der Waals surface area (Å²) >= 11 is 0. The molecule has 1 fully saturated rings.